The lowest BCUT2D eigenvalue weighted by atomic mass is 10.1. The van der Waals surface area contributed by atoms with E-state index in [0.29, 0.717) is 4.75 Å². The van der Waals surface area contributed by atoms with Crippen LogP contribution in [0.4, 0.5) is 0 Å². The van der Waals surface area contributed by atoms with E-state index in [4.69, 9.17) is 0 Å². The van der Waals surface area contributed by atoms with Crippen LogP contribution in [0.25, 0.3) is 10.9 Å². The van der Waals surface area contributed by atoms with E-state index >= 15 is 0 Å². The zero-order valence-corrected chi connectivity index (χ0v) is 18.2. The molecule has 1 aromatic carbocycles. The second-order valence-electron chi connectivity index (χ2n) is 6.72. The van der Waals surface area contributed by atoms with Gasteiger partial charge < -0.3 is 15.6 Å². The summed E-state index contributed by atoms with van der Waals surface area (Å²) < 4.78 is 0.363. The van der Waals surface area contributed by atoms with Crippen LogP contribution in [0, 0.1) is 0 Å². The van der Waals surface area contributed by atoms with E-state index < -0.39 is 0 Å². The van der Waals surface area contributed by atoms with Crippen molar-refractivity contribution in [2.45, 2.75) is 37.4 Å². The topological polar surface area (TPSA) is 52.2 Å². The van der Waals surface area contributed by atoms with Crippen LogP contribution in [0.1, 0.15) is 31.7 Å². The normalized spacial score (nSPS) is 20.5. The quantitative estimate of drug-likeness (QED) is 0.256. The predicted octanol–water partition coefficient (Wildman–Crippen LogP) is 4.17. The standard InChI is InChI=1S/C19H28N4S.HI/c1-19(10-6-12-24-19)14-23-18(20-2)21-11-5-7-15-13-22-17-9-4-3-8-16(15)17;/h3-4,8-9,13,22H,5-7,10-12,14H2,1-2H3,(H2,20,21,23);1H. The third kappa shape index (κ3) is 5.54. The molecule has 2 aromatic rings. The molecule has 25 heavy (non-hydrogen) atoms. The first-order valence-electron chi connectivity index (χ1n) is 8.84. The molecular weight excluding hydrogens is 443 g/mol. The summed E-state index contributed by atoms with van der Waals surface area (Å²) in [5.41, 5.74) is 2.62. The van der Waals surface area contributed by atoms with Gasteiger partial charge in [0.1, 0.15) is 0 Å². The predicted molar refractivity (Wildman–Crippen MR) is 121 cm³/mol. The Kier molecular flexibility index (Phi) is 7.93. The van der Waals surface area contributed by atoms with Crippen LogP contribution in [0.15, 0.2) is 35.5 Å². The Morgan fingerprint density at radius 1 is 1.32 bits per heavy atom. The molecule has 1 saturated heterocycles. The number of aliphatic imine (C=N–C) groups is 1. The van der Waals surface area contributed by atoms with Crippen molar-refractivity contribution in [1.29, 1.82) is 0 Å². The Labute approximate surface area is 172 Å². The number of guanidine groups is 1. The van der Waals surface area contributed by atoms with Crippen molar-refractivity contribution in [2.75, 3.05) is 25.9 Å². The molecule has 1 unspecified atom stereocenters. The van der Waals surface area contributed by atoms with E-state index in [0.717, 1.165) is 31.9 Å². The maximum Gasteiger partial charge on any atom is 0.191 e. The van der Waals surface area contributed by atoms with Gasteiger partial charge >= 0.3 is 0 Å². The highest BCUT2D eigenvalue weighted by Crippen LogP contribution is 2.36. The van der Waals surface area contributed by atoms with Crippen LogP contribution < -0.4 is 10.6 Å². The summed E-state index contributed by atoms with van der Waals surface area (Å²) in [6.45, 7) is 4.27. The summed E-state index contributed by atoms with van der Waals surface area (Å²) in [5.74, 6) is 2.21. The number of hydrogen-bond acceptors (Lipinski definition) is 2. The number of aryl methyl sites for hydroxylation is 1. The molecule has 3 rings (SSSR count). The first-order chi connectivity index (χ1) is 11.7. The highest BCUT2D eigenvalue weighted by molar-refractivity contribution is 14.0. The van der Waals surface area contributed by atoms with Gasteiger partial charge in [0.05, 0.1) is 0 Å². The molecule has 0 aliphatic carbocycles. The van der Waals surface area contributed by atoms with Gasteiger partial charge in [-0.2, -0.15) is 11.8 Å². The van der Waals surface area contributed by atoms with E-state index in [1.54, 1.807) is 0 Å². The van der Waals surface area contributed by atoms with Gasteiger partial charge in [-0.3, -0.25) is 4.99 Å². The number of halogens is 1. The zero-order chi connectivity index (χ0) is 16.8. The second-order valence-corrected chi connectivity index (χ2v) is 8.40. The molecule has 2 heterocycles. The Morgan fingerprint density at radius 3 is 2.92 bits per heavy atom. The number of H-pyrrole nitrogens is 1. The van der Waals surface area contributed by atoms with Gasteiger partial charge in [-0.25, -0.2) is 0 Å². The van der Waals surface area contributed by atoms with Gasteiger partial charge in [-0.05, 0) is 50.0 Å². The summed E-state index contributed by atoms with van der Waals surface area (Å²) in [4.78, 5) is 7.69. The molecule has 0 bridgehead atoms. The SMILES string of the molecule is CN=C(NCCCc1c[nH]c2ccccc12)NCC1(C)CCCS1.I. The third-order valence-electron chi connectivity index (χ3n) is 4.74. The fourth-order valence-electron chi connectivity index (χ4n) is 3.29. The molecule has 1 aromatic heterocycles. The summed E-state index contributed by atoms with van der Waals surface area (Å²) in [6, 6.07) is 8.49. The molecule has 4 nitrogen and oxygen atoms in total. The fourth-order valence-corrected chi connectivity index (χ4v) is 4.54. The van der Waals surface area contributed by atoms with E-state index in [2.05, 4.69) is 69.8 Å². The van der Waals surface area contributed by atoms with Crippen LogP contribution in [0.3, 0.4) is 0 Å². The third-order valence-corrected chi connectivity index (χ3v) is 6.28. The van der Waals surface area contributed by atoms with Crippen molar-refractivity contribution in [1.82, 2.24) is 15.6 Å². The van der Waals surface area contributed by atoms with Crippen molar-refractivity contribution in [3.63, 3.8) is 0 Å². The highest BCUT2D eigenvalue weighted by atomic mass is 127. The van der Waals surface area contributed by atoms with Crippen LogP contribution in [-0.2, 0) is 6.42 Å². The first-order valence-corrected chi connectivity index (χ1v) is 9.82. The number of benzene rings is 1. The minimum absolute atomic E-state index is 0. The van der Waals surface area contributed by atoms with Gasteiger partial charge in [0, 0.05) is 42.0 Å². The van der Waals surface area contributed by atoms with Crippen molar-refractivity contribution >= 4 is 52.6 Å². The van der Waals surface area contributed by atoms with Crippen LogP contribution >= 0.6 is 35.7 Å². The Bertz CT molecular complexity index is 692. The molecule has 138 valence electrons. The molecule has 0 radical (unpaired) electrons. The lowest BCUT2D eigenvalue weighted by Gasteiger charge is -2.24. The lowest BCUT2D eigenvalue weighted by molar-refractivity contribution is 0.583. The van der Waals surface area contributed by atoms with Gasteiger partial charge in [0.15, 0.2) is 5.96 Å². The van der Waals surface area contributed by atoms with E-state index in [1.165, 1.54) is 35.1 Å². The molecule has 3 N–H and O–H groups in total. The molecule has 1 aliphatic rings. The number of fused-ring (bicyclic) bond motifs is 1. The average molecular weight is 472 g/mol. The van der Waals surface area contributed by atoms with Crippen molar-refractivity contribution in [2.24, 2.45) is 4.99 Å². The molecule has 1 fully saturated rings. The Balaban J connectivity index is 0.00000225. The molecule has 0 saturated carbocycles. The highest BCUT2D eigenvalue weighted by Gasteiger charge is 2.29. The van der Waals surface area contributed by atoms with Crippen LogP contribution in [-0.4, -0.2) is 41.6 Å². The molecule has 6 heteroatoms. The lowest BCUT2D eigenvalue weighted by Crippen LogP contribution is -2.43. The summed E-state index contributed by atoms with van der Waals surface area (Å²) in [7, 11) is 1.85. The monoisotopic (exact) mass is 472 g/mol. The van der Waals surface area contributed by atoms with Gasteiger partial charge in [0.25, 0.3) is 0 Å². The Morgan fingerprint density at radius 2 is 2.16 bits per heavy atom. The van der Waals surface area contributed by atoms with E-state index in [9.17, 15) is 0 Å². The largest absolute Gasteiger partial charge is 0.361 e. The smallest absolute Gasteiger partial charge is 0.191 e. The first kappa shape index (κ1) is 20.4. The number of hydrogen-bond donors (Lipinski definition) is 3. The van der Waals surface area contributed by atoms with Crippen LogP contribution in [0.2, 0.25) is 0 Å². The average Bonchev–Trinajstić information content (AvgIpc) is 3.21. The zero-order valence-electron chi connectivity index (χ0n) is 15.1. The number of para-hydroxylation sites is 1. The van der Waals surface area contributed by atoms with Crippen LogP contribution in [0.5, 0.6) is 0 Å². The molecule has 1 aliphatic heterocycles. The number of aromatic amines is 1. The van der Waals surface area contributed by atoms with Crippen molar-refractivity contribution in [3.05, 3.63) is 36.0 Å². The summed E-state index contributed by atoms with van der Waals surface area (Å²) >= 11 is 2.08. The molecule has 0 spiro atoms. The summed E-state index contributed by atoms with van der Waals surface area (Å²) in [5, 5.41) is 8.27. The maximum atomic E-state index is 4.34. The minimum Gasteiger partial charge on any atom is -0.361 e. The number of nitrogens with one attached hydrogen (secondary N) is 3. The van der Waals surface area contributed by atoms with Gasteiger partial charge in [-0.15, -0.1) is 24.0 Å². The minimum atomic E-state index is 0. The maximum absolute atomic E-state index is 4.34. The van der Waals surface area contributed by atoms with E-state index in [-0.39, 0.29) is 24.0 Å². The van der Waals surface area contributed by atoms with Gasteiger partial charge in [0.2, 0.25) is 0 Å². The molecule has 1 atom stereocenters. The fraction of sp³-hybridized carbons (Fsp3) is 0.526. The molecular formula is C19H29IN4S. The van der Waals surface area contributed by atoms with Crippen molar-refractivity contribution < 1.29 is 0 Å². The number of aromatic nitrogens is 1. The second kappa shape index (κ2) is 9.71. The van der Waals surface area contributed by atoms with Gasteiger partial charge in [-0.1, -0.05) is 18.2 Å². The van der Waals surface area contributed by atoms with Crippen molar-refractivity contribution in [3.8, 4) is 0 Å². The number of rotatable bonds is 6. The number of nitrogens with zero attached hydrogens (tertiary/aromatic N) is 1. The van der Waals surface area contributed by atoms with E-state index in [1.807, 2.05) is 7.05 Å². The number of thioether (sulfide) groups is 1. The molecule has 0 amide bonds. The Hall–Kier alpha value is -0.890. The summed E-state index contributed by atoms with van der Waals surface area (Å²) in [6.07, 6.45) is 6.92.